The zero-order chi connectivity index (χ0) is 15.7. The van der Waals surface area contributed by atoms with Crippen molar-refractivity contribution >= 4 is 11.5 Å². The molecule has 0 bridgehead atoms. The summed E-state index contributed by atoms with van der Waals surface area (Å²) in [4.78, 5) is 26.5. The maximum absolute atomic E-state index is 12.4. The molecule has 0 aromatic carbocycles. The van der Waals surface area contributed by atoms with Gasteiger partial charge in [-0.05, 0) is 18.8 Å². The molecule has 1 saturated carbocycles. The predicted octanol–water partition coefficient (Wildman–Crippen LogP) is -0.254. The molecule has 1 heterocycles. The molecular formula is C14H24N4O3. The molecule has 118 valence electrons. The average molecular weight is 296 g/mol. The zero-order valence-electron chi connectivity index (χ0n) is 12.9. The summed E-state index contributed by atoms with van der Waals surface area (Å²) in [6, 6.07) is 0.233. The highest BCUT2D eigenvalue weighted by Gasteiger charge is 2.33. The first-order valence-electron chi connectivity index (χ1n) is 7.35. The van der Waals surface area contributed by atoms with Crippen LogP contribution in [0.15, 0.2) is 9.59 Å². The molecule has 0 saturated heterocycles. The minimum absolute atomic E-state index is 0.0532. The molecular weight excluding hydrogens is 272 g/mol. The van der Waals surface area contributed by atoms with Crippen molar-refractivity contribution in [2.24, 2.45) is 13.0 Å². The van der Waals surface area contributed by atoms with Crippen LogP contribution in [-0.2, 0) is 13.6 Å². The summed E-state index contributed by atoms with van der Waals surface area (Å²) >= 11 is 0. The Morgan fingerprint density at radius 3 is 2.48 bits per heavy atom. The summed E-state index contributed by atoms with van der Waals surface area (Å²) in [7, 11) is 1.47. The Morgan fingerprint density at radius 1 is 1.38 bits per heavy atom. The van der Waals surface area contributed by atoms with Gasteiger partial charge in [-0.25, -0.2) is 4.79 Å². The molecule has 0 amide bonds. The number of nitrogen functional groups attached to an aromatic ring is 1. The van der Waals surface area contributed by atoms with E-state index in [-0.39, 0.29) is 24.4 Å². The van der Waals surface area contributed by atoms with E-state index in [2.05, 4.69) is 0 Å². The third kappa shape index (κ3) is 2.97. The fourth-order valence-electron chi connectivity index (χ4n) is 2.55. The maximum Gasteiger partial charge on any atom is 0.332 e. The van der Waals surface area contributed by atoms with Gasteiger partial charge in [0.05, 0.1) is 6.61 Å². The number of hydrogen-bond acceptors (Lipinski definition) is 5. The van der Waals surface area contributed by atoms with Gasteiger partial charge in [0, 0.05) is 26.2 Å². The van der Waals surface area contributed by atoms with E-state index in [9.17, 15) is 14.7 Å². The van der Waals surface area contributed by atoms with E-state index in [4.69, 9.17) is 5.73 Å². The van der Waals surface area contributed by atoms with Gasteiger partial charge < -0.3 is 15.7 Å². The van der Waals surface area contributed by atoms with E-state index in [0.717, 1.165) is 17.4 Å². The SMILES string of the molecule is CC(C)Cn1c(N)c(N(CCO)C2CC2)c(=O)n(C)c1=O. The lowest BCUT2D eigenvalue weighted by Crippen LogP contribution is -2.45. The molecule has 1 aliphatic carbocycles. The van der Waals surface area contributed by atoms with Gasteiger partial charge in [-0.1, -0.05) is 13.8 Å². The fourth-order valence-corrected chi connectivity index (χ4v) is 2.55. The molecule has 1 aromatic heterocycles. The van der Waals surface area contributed by atoms with Gasteiger partial charge in [0.2, 0.25) is 0 Å². The third-order valence-electron chi connectivity index (χ3n) is 3.72. The zero-order valence-corrected chi connectivity index (χ0v) is 12.9. The molecule has 2 rings (SSSR count). The van der Waals surface area contributed by atoms with Gasteiger partial charge in [-0.3, -0.25) is 13.9 Å². The van der Waals surface area contributed by atoms with Crippen LogP contribution in [0.2, 0.25) is 0 Å². The molecule has 1 aliphatic rings. The van der Waals surface area contributed by atoms with Gasteiger partial charge in [0.15, 0.2) is 0 Å². The lowest BCUT2D eigenvalue weighted by atomic mass is 10.2. The van der Waals surface area contributed by atoms with Crippen LogP contribution < -0.4 is 21.9 Å². The largest absolute Gasteiger partial charge is 0.395 e. The summed E-state index contributed by atoms with van der Waals surface area (Å²) in [6.07, 6.45) is 1.96. The van der Waals surface area contributed by atoms with Gasteiger partial charge >= 0.3 is 5.69 Å². The molecule has 0 aliphatic heterocycles. The lowest BCUT2D eigenvalue weighted by Gasteiger charge is -2.26. The summed E-state index contributed by atoms with van der Waals surface area (Å²) < 4.78 is 2.55. The minimum atomic E-state index is -0.394. The van der Waals surface area contributed by atoms with E-state index in [0.29, 0.717) is 18.8 Å². The van der Waals surface area contributed by atoms with Crippen LogP contribution in [-0.4, -0.2) is 33.4 Å². The van der Waals surface area contributed by atoms with Gasteiger partial charge in [-0.15, -0.1) is 0 Å². The standard InChI is InChI=1S/C14H24N4O3/c1-9(2)8-18-12(15)11(13(20)16(3)14(18)21)17(6-7-19)10-4-5-10/h9-10,19H,4-8,15H2,1-3H3. The van der Waals surface area contributed by atoms with Crippen LogP contribution in [0.3, 0.4) is 0 Å². The second-order valence-electron chi connectivity index (χ2n) is 6.03. The number of rotatable bonds is 6. The normalized spacial score (nSPS) is 14.7. The van der Waals surface area contributed by atoms with Crippen molar-refractivity contribution in [1.29, 1.82) is 0 Å². The highest BCUT2D eigenvalue weighted by molar-refractivity contribution is 5.63. The topological polar surface area (TPSA) is 93.5 Å². The average Bonchev–Trinajstić information content (AvgIpc) is 3.25. The number of anilines is 2. The first kappa shape index (κ1) is 15.6. The highest BCUT2D eigenvalue weighted by atomic mass is 16.3. The molecule has 0 atom stereocenters. The summed E-state index contributed by atoms with van der Waals surface area (Å²) in [5.74, 6) is 0.444. The molecule has 7 nitrogen and oxygen atoms in total. The van der Waals surface area contributed by atoms with Crippen molar-refractivity contribution in [3.63, 3.8) is 0 Å². The van der Waals surface area contributed by atoms with Crippen LogP contribution >= 0.6 is 0 Å². The Balaban J connectivity index is 2.61. The highest BCUT2D eigenvalue weighted by Crippen LogP contribution is 2.32. The van der Waals surface area contributed by atoms with Gasteiger partial charge in [0.1, 0.15) is 11.5 Å². The summed E-state index contributed by atoms with van der Waals surface area (Å²) in [5, 5.41) is 9.24. The fraction of sp³-hybridized carbons (Fsp3) is 0.714. The molecule has 1 fully saturated rings. The number of hydrogen-bond donors (Lipinski definition) is 2. The van der Waals surface area contributed by atoms with Crippen molar-refractivity contribution in [2.75, 3.05) is 23.8 Å². The smallest absolute Gasteiger partial charge is 0.332 e. The Labute approximate surface area is 123 Å². The van der Waals surface area contributed by atoms with Crippen molar-refractivity contribution in [3.05, 3.63) is 20.8 Å². The first-order valence-corrected chi connectivity index (χ1v) is 7.35. The molecule has 0 spiro atoms. The van der Waals surface area contributed by atoms with E-state index < -0.39 is 11.2 Å². The van der Waals surface area contributed by atoms with Crippen molar-refractivity contribution in [1.82, 2.24) is 9.13 Å². The molecule has 1 aromatic rings. The molecule has 21 heavy (non-hydrogen) atoms. The summed E-state index contributed by atoms with van der Waals surface area (Å²) in [6.45, 7) is 4.74. The van der Waals surface area contributed by atoms with E-state index in [1.165, 1.54) is 11.6 Å². The van der Waals surface area contributed by atoms with Crippen LogP contribution in [0, 0.1) is 5.92 Å². The third-order valence-corrected chi connectivity index (χ3v) is 3.72. The molecule has 0 radical (unpaired) electrons. The Kier molecular flexibility index (Phi) is 4.41. The Hall–Kier alpha value is -1.76. The van der Waals surface area contributed by atoms with Crippen LogP contribution in [0.25, 0.3) is 0 Å². The van der Waals surface area contributed by atoms with Crippen LogP contribution in [0.5, 0.6) is 0 Å². The Morgan fingerprint density at radius 2 is 2.00 bits per heavy atom. The predicted molar refractivity (Wildman–Crippen MR) is 82.6 cm³/mol. The van der Waals surface area contributed by atoms with Crippen molar-refractivity contribution < 1.29 is 5.11 Å². The molecule has 3 N–H and O–H groups in total. The van der Waals surface area contributed by atoms with Crippen molar-refractivity contribution in [3.8, 4) is 0 Å². The number of nitrogens with two attached hydrogens (primary N) is 1. The lowest BCUT2D eigenvalue weighted by molar-refractivity contribution is 0.301. The monoisotopic (exact) mass is 296 g/mol. The summed E-state index contributed by atoms with van der Waals surface area (Å²) in [5.41, 5.74) is 5.68. The first-order chi connectivity index (χ1) is 9.88. The second-order valence-corrected chi connectivity index (χ2v) is 6.03. The second kappa shape index (κ2) is 5.93. The van der Waals surface area contributed by atoms with Crippen molar-refractivity contribution in [2.45, 2.75) is 39.3 Å². The van der Waals surface area contributed by atoms with Crippen LogP contribution in [0.4, 0.5) is 11.5 Å². The quantitative estimate of drug-likeness (QED) is 0.755. The number of aliphatic hydroxyl groups is 1. The molecule has 0 unspecified atom stereocenters. The van der Waals surface area contributed by atoms with E-state index in [1.807, 2.05) is 18.7 Å². The Bertz CT molecular complexity index is 628. The number of aromatic nitrogens is 2. The number of nitrogens with zero attached hydrogens (tertiary/aromatic N) is 3. The van der Waals surface area contributed by atoms with Crippen LogP contribution in [0.1, 0.15) is 26.7 Å². The van der Waals surface area contributed by atoms with Gasteiger partial charge in [0.25, 0.3) is 5.56 Å². The van der Waals surface area contributed by atoms with E-state index in [1.54, 1.807) is 0 Å². The number of aliphatic hydroxyl groups excluding tert-OH is 1. The molecule has 7 heteroatoms. The minimum Gasteiger partial charge on any atom is -0.395 e. The maximum atomic E-state index is 12.4. The van der Waals surface area contributed by atoms with E-state index >= 15 is 0 Å². The van der Waals surface area contributed by atoms with Gasteiger partial charge in [-0.2, -0.15) is 0 Å².